The van der Waals surface area contributed by atoms with Gasteiger partial charge in [0.1, 0.15) is 23.2 Å². The third kappa shape index (κ3) is 4.26. The Labute approximate surface area is 142 Å². The second-order valence-corrected chi connectivity index (χ2v) is 5.34. The molecule has 128 valence electrons. The van der Waals surface area contributed by atoms with Crippen LogP contribution < -0.4 is 9.64 Å². The smallest absolute Gasteiger partial charge is 0.228 e. The highest BCUT2D eigenvalue weighted by Crippen LogP contribution is 2.21. The summed E-state index contributed by atoms with van der Waals surface area (Å²) in [6, 6.07) is 10.5. The molecule has 0 saturated heterocycles. The van der Waals surface area contributed by atoms with E-state index in [1.165, 1.54) is 42.6 Å². The standard InChI is InChI=1S/C18H14F3N3O/c1-24(11-12-2-3-14(20)10-16(12)21)18-22-9-8-17(23-18)25-15-6-4-13(19)5-7-15/h2-10H,11H2,1H3. The Morgan fingerprint density at radius 1 is 0.960 bits per heavy atom. The number of ether oxygens (including phenoxy) is 1. The Morgan fingerprint density at radius 3 is 2.40 bits per heavy atom. The van der Waals surface area contributed by atoms with Crippen molar-refractivity contribution in [1.82, 2.24) is 9.97 Å². The Kier molecular flexibility index (Phi) is 4.83. The van der Waals surface area contributed by atoms with Gasteiger partial charge in [0.05, 0.1) is 0 Å². The molecule has 4 nitrogen and oxygen atoms in total. The van der Waals surface area contributed by atoms with E-state index in [2.05, 4.69) is 9.97 Å². The van der Waals surface area contributed by atoms with Crippen LogP contribution in [-0.2, 0) is 6.54 Å². The third-order valence-corrected chi connectivity index (χ3v) is 3.42. The van der Waals surface area contributed by atoms with Crippen molar-refractivity contribution < 1.29 is 17.9 Å². The molecule has 0 unspecified atom stereocenters. The van der Waals surface area contributed by atoms with Crippen molar-refractivity contribution in [2.24, 2.45) is 0 Å². The Balaban J connectivity index is 1.74. The Hall–Kier alpha value is -3.09. The quantitative estimate of drug-likeness (QED) is 0.690. The fraction of sp³-hybridized carbons (Fsp3) is 0.111. The van der Waals surface area contributed by atoms with Crippen molar-refractivity contribution >= 4 is 5.95 Å². The van der Waals surface area contributed by atoms with E-state index in [1.807, 2.05) is 0 Å². The molecule has 3 aromatic rings. The van der Waals surface area contributed by atoms with Gasteiger partial charge >= 0.3 is 0 Å². The van der Waals surface area contributed by atoms with Crippen molar-refractivity contribution in [2.75, 3.05) is 11.9 Å². The molecule has 0 amide bonds. The average Bonchev–Trinajstić information content (AvgIpc) is 2.60. The van der Waals surface area contributed by atoms with Crippen LogP contribution in [0, 0.1) is 17.5 Å². The van der Waals surface area contributed by atoms with E-state index in [1.54, 1.807) is 18.0 Å². The van der Waals surface area contributed by atoms with Crippen LogP contribution in [0.3, 0.4) is 0 Å². The second-order valence-electron chi connectivity index (χ2n) is 5.34. The van der Waals surface area contributed by atoms with E-state index >= 15 is 0 Å². The molecule has 7 heteroatoms. The van der Waals surface area contributed by atoms with Gasteiger partial charge in [-0.05, 0) is 30.3 Å². The number of anilines is 1. The molecule has 1 heterocycles. The van der Waals surface area contributed by atoms with Crippen LogP contribution in [0.4, 0.5) is 19.1 Å². The van der Waals surface area contributed by atoms with E-state index in [0.29, 0.717) is 17.3 Å². The Bertz CT molecular complexity index is 872. The summed E-state index contributed by atoms with van der Waals surface area (Å²) >= 11 is 0. The second kappa shape index (κ2) is 7.21. The van der Waals surface area contributed by atoms with Crippen LogP contribution >= 0.6 is 0 Å². The fourth-order valence-electron chi connectivity index (χ4n) is 2.17. The summed E-state index contributed by atoms with van der Waals surface area (Å²) < 4.78 is 45.2. The molecule has 0 saturated carbocycles. The molecule has 0 aliphatic heterocycles. The zero-order chi connectivity index (χ0) is 17.8. The molecule has 1 aromatic heterocycles. The van der Waals surface area contributed by atoms with Crippen LogP contribution in [0.5, 0.6) is 11.6 Å². The third-order valence-electron chi connectivity index (χ3n) is 3.42. The fourth-order valence-corrected chi connectivity index (χ4v) is 2.17. The molecule has 0 aliphatic carbocycles. The summed E-state index contributed by atoms with van der Waals surface area (Å²) in [5.41, 5.74) is 0.317. The zero-order valence-electron chi connectivity index (χ0n) is 13.3. The van der Waals surface area contributed by atoms with Crippen molar-refractivity contribution in [1.29, 1.82) is 0 Å². The molecule has 25 heavy (non-hydrogen) atoms. The van der Waals surface area contributed by atoms with Crippen molar-refractivity contribution in [3.63, 3.8) is 0 Å². The lowest BCUT2D eigenvalue weighted by molar-refractivity contribution is 0.459. The molecule has 0 atom stereocenters. The molecule has 0 N–H and O–H groups in total. The minimum Gasteiger partial charge on any atom is -0.439 e. The molecule has 0 aliphatic rings. The minimum absolute atomic E-state index is 0.159. The number of hydrogen-bond donors (Lipinski definition) is 0. The maximum atomic E-state index is 13.8. The molecule has 0 bridgehead atoms. The van der Waals surface area contributed by atoms with Crippen LogP contribution in [0.15, 0.2) is 54.7 Å². The molecular formula is C18H14F3N3O. The minimum atomic E-state index is -0.634. The van der Waals surface area contributed by atoms with Gasteiger partial charge in [-0.3, -0.25) is 0 Å². The Morgan fingerprint density at radius 2 is 1.68 bits per heavy atom. The number of nitrogens with zero attached hydrogens (tertiary/aromatic N) is 3. The molecule has 0 radical (unpaired) electrons. The summed E-state index contributed by atoms with van der Waals surface area (Å²) in [6.45, 7) is 0.159. The maximum absolute atomic E-state index is 13.8. The van der Waals surface area contributed by atoms with Crippen molar-refractivity contribution in [3.8, 4) is 11.6 Å². The topological polar surface area (TPSA) is 38.2 Å². The lowest BCUT2D eigenvalue weighted by atomic mass is 10.2. The van der Waals surface area contributed by atoms with Crippen LogP contribution in [-0.4, -0.2) is 17.0 Å². The SMILES string of the molecule is CN(Cc1ccc(F)cc1F)c1nccc(Oc2ccc(F)cc2)n1. The van der Waals surface area contributed by atoms with Gasteiger partial charge < -0.3 is 9.64 Å². The highest BCUT2D eigenvalue weighted by molar-refractivity contribution is 5.35. The molecule has 2 aromatic carbocycles. The summed E-state index contributed by atoms with van der Waals surface area (Å²) in [5.74, 6) is -0.623. The van der Waals surface area contributed by atoms with Crippen LogP contribution in [0.1, 0.15) is 5.56 Å². The largest absolute Gasteiger partial charge is 0.439 e. The number of aromatic nitrogens is 2. The molecule has 3 rings (SSSR count). The predicted octanol–water partition coefficient (Wildman–Crippen LogP) is 4.32. The first kappa shape index (κ1) is 16.8. The zero-order valence-corrected chi connectivity index (χ0v) is 13.3. The molecule has 0 spiro atoms. The van der Waals surface area contributed by atoms with Crippen LogP contribution in [0.25, 0.3) is 0 Å². The van der Waals surface area contributed by atoms with Gasteiger partial charge in [-0.2, -0.15) is 4.98 Å². The summed E-state index contributed by atoms with van der Waals surface area (Å²) in [4.78, 5) is 9.96. The molecule has 0 fully saturated rings. The van der Waals surface area contributed by atoms with Gasteiger partial charge in [0.15, 0.2) is 0 Å². The first-order valence-electron chi connectivity index (χ1n) is 7.43. The number of halogens is 3. The van der Waals surface area contributed by atoms with E-state index in [9.17, 15) is 13.2 Å². The van der Waals surface area contributed by atoms with E-state index in [-0.39, 0.29) is 18.2 Å². The van der Waals surface area contributed by atoms with E-state index in [0.717, 1.165) is 6.07 Å². The van der Waals surface area contributed by atoms with Crippen molar-refractivity contribution in [2.45, 2.75) is 6.54 Å². The highest BCUT2D eigenvalue weighted by Gasteiger charge is 2.11. The average molecular weight is 345 g/mol. The first-order chi connectivity index (χ1) is 12.0. The molecular weight excluding hydrogens is 331 g/mol. The van der Waals surface area contributed by atoms with Gasteiger partial charge in [0.2, 0.25) is 11.8 Å². The summed E-state index contributed by atoms with van der Waals surface area (Å²) in [7, 11) is 1.68. The van der Waals surface area contributed by atoms with Gasteiger partial charge in [0.25, 0.3) is 0 Å². The number of rotatable bonds is 5. The van der Waals surface area contributed by atoms with Gasteiger partial charge in [-0.1, -0.05) is 6.07 Å². The van der Waals surface area contributed by atoms with Gasteiger partial charge in [0, 0.05) is 37.5 Å². The van der Waals surface area contributed by atoms with E-state index < -0.39 is 11.6 Å². The number of benzene rings is 2. The highest BCUT2D eigenvalue weighted by atomic mass is 19.1. The number of hydrogen-bond acceptors (Lipinski definition) is 4. The first-order valence-corrected chi connectivity index (χ1v) is 7.43. The lowest BCUT2D eigenvalue weighted by Gasteiger charge is -2.18. The summed E-state index contributed by atoms with van der Waals surface area (Å²) in [6.07, 6.45) is 1.50. The monoisotopic (exact) mass is 345 g/mol. The van der Waals surface area contributed by atoms with E-state index in [4.69, 9.17) is 4.74 Å². The van der Waals surface area contributed by atoms with Gasteiger partial charge in [-0.15, -0.1) is 0 Å². The maximum Gasteiger partial charge on any atom is 0.228 e. The summed E-state index contributed by atoms with van der Waals surface area (Å²) in [5, 5.41) is 0. The van der Waals surface area contributed by atoms with Crippen molar-refractivity contribution in [3.05, 3.63) is 77.7 Å². The van der Waals surface area contributed by atoms with Crippen LogP contribution in [0.2, 0.25) is 0 Å². The predicted molar refractivity (Wildman–Crippen MR) is 87.0 cm³/mol. The normalized spacial score (nSPS) is 10.6. The lowest BCUT2D eigenvalue weighted by Crippen LogP contribution is -2.20. The van der Waals surface area contributed by atoms with Gasteiger partial charge in [-0.25, -0.2) is 18.2 Å².